The summed E-state index contributed by atoms with van der Waals surface area (Å²) in [5.41, 5.74) is 6.13. The summed E-state index contributed by atoms with van der Waals surface area (Å²) in [5.74, 6) is -2.65. The van der Waals surface area contributed by atoms with E-state index in [0.717, 1.165) is 12.1 Å². The molecule has 2 amide bonds. The topological polar surface area (TPSA) is 116 Å². The van der Waals surface area contributed by atoms with Crippen molar-refractivity contribution in [2.45, 2.75) is 25.9 Å². The summed E-state index contributed by atoms with van der Waals surface area (Å²) in [4.78, 5) is 46.9. The first-order chi connectivity index (χ1) is 13.3. The highest BCUT2D eigenvalue weighted by atomic mass is 19.1. The fraction of sp³-hybridized carbons (Fsp3) is 0.200. The van der Waals surface area contributed by atoms with Gasteiger partial charge in [0, 0.05) is 23.2 Å². The van der Waals surface area contributed by atoms with Gasteiger partial charge < -0.3 is 15.8 Å². The Morgan fingerprint density at radius 2 is 1.54 bits per heavy atom. The lowest BCUT2D eigenvalue weighted by Gasteiger charge is -2.13. The number of halogens is 1. The van der Waals surface area contributed by atoms with Gasteiger partial charge in [0.1, 0.15) is 5.82 Å². The van der Waals surface area contributed by atoms with Crippen molar-refractivity contribution in [3.8, 4) is 0 Å². The van der Waals surface area contributed by atoms with Crippen LogP contribution in [0.2, 0.25) is 0 Å². The number of esters is 1. The predicted molar refractivity (Wildman–Crippen MR) is 99.1 cm³/mol. The van der Waals surface area contributed by atoms with Crippen molar-refractivity contribution in [2.24, 2.45) is 5.73 Å². The lowest BCUT2D eigenvalue weighted by molar-refractivity contribution is -0.153. The second-order valence-corrected chi connectivity index (χ2v) is 5.99. The van der Waals surface area contributed by atoms with Crippen LogP contribution in [0.4, 0.5) is 10.1 Å². The first-order valence-corrected chi connectivity index (χ1v) is 8.45. The fourth-order valence-electron chi connectivity index (χ4n) is 2.27. The number of hydrogen-bond donors (Lipinski definition) is 2. The van der Waals surface area contributed by atoms with E-state index in [4.69, 9.17) is 10.5 Å². The molecule has 2 aromatic carbocycles. The molecule has 1 atom stereocenters. The number of rotatable bonds is 8. The highest BCUT2D eigenvalue weighted by molar-refractivity contribution is 5.98. The highest BCUT2D eigenvalue weighted by Gasteiger charge is 2.19. The van der Waals surface area contributed by atoms with Crippen LogP contribution in [0.25, 0.3) is 0 Å². The van der Waals surface area contributed by atoms with Crippen molar-refractivity contribution < 1.29 is 28.3 Å². The number of carbonyl (C=O) groups is 4. The molecule has 0 fully saturated rings. The van der Waals surface area contributed by atoms with Crippen LogP contribution in [-0.4, -0.2) is 29.7 Å². The van der Waals surface area contributed by atoms with Crippen molar-refractivity contribution in [3.63, 3.8) is 0 Å². The van der Waals surface area contributed by atoms with E-state index >= 15 is 0 Å². The monoisotopic (exact) mass is 386 g/mol. The van der Waals surface area contributed by atoms with Gasteiger partial charge in [0.15, 0.2) is 11.9 Å². The molecule has 0 aliphatic rings. The molecule has 146 valence electrons. The molecule has 7 nitrogen and oxygen atoms in total. The lowest BCUT2D eigenvalue weighted by Crippen LogP contribution is -2.30. The van der Waals surface area contributed by atoms with Crippen LogP contribution in [0.3, 0.4) is 0 Å². The molecular weight excluding hydrogens is 367 g/mol. The third kappa shape index (κ3) is 6.01. The van der Waals surface area contributed by atoms with E-state index in [1.54, 1.807) is 0 Å². The van der Waals surface area contributed by atoms with Gasteiger partial charge in [0.25, 0.3) is 5.91 Å². The number of Topliss-reactive ketones (excluding diaryl/α,β-unsaturated/α-hetero) is 1. The second kappa shape index (κ2) is 9.40. The molecule has 8 heteroatoms. The number of carbonyl (C=O) groups excluding carboxylic acids is 4. The van der Waals surface area contributed by atoms with Crippen molar-refractivity contribution in [3.05, 3.63) is 65.5 Å². The highest BCUT2D eigenvalue weighted by Crippen LogP contribution is 2.11. The Labute approximate surface area is 160 Å². The molecule has 0 aromatic heterocycles. The maximum atomic E-state index is 12.9. The first-order valence-electron chi connectivity index (χ1n) is 8.45. The van der Waals surface area contributed by atoms with Crippen molar-refractivity contribution in [1.82, 2.24) is 0 Å². The zero-order chi connectivity index (χ0) is 20.7. The van der Waals surface area contributed by atoms with Gasteiger partial charge in [-0.25, -0.2) is 4.39 Å². The molecule has 0 aliphatic carbocycles. The second-order valence-electron chi connectivity index (χ2n) is 5.99. The van der Waals surface area contributed by atoms with E-state index < -0.39 is 29.7 Å². The molecule has 0 aliphatic heterocycles. The average molecular weight is 386 g/mol. The van der Waals surface area contributed by atoms with Crippen molar-refractivity contribution >= 4 is 29.3 Å². The zero-order valence-corrected chi connectivity index (χ0v) is 15.1. The number of hydrogen-bond acceptors (Lipinski definition) is 5. The number of benzene rings is 2. The minimum atomic E-state index is -1.08. The van der Waals surface area contributed by atoms with Crippen LogP contribution in [0.15, 0.2) is 48.5 Å². The molecule has 2 aromatic rings. The third-order valence-electron chi connectivity index (χ3n) is 3.84. The number of ketones is 1. The summed E-state index contributed by atoms with van der Waals surface area (Å²) in [7, 11) is 0. The van der Waals surface area contributed by atoms with Gasteiger partial charge >= 0.3 is 5.97 Å². The maximum Gasteiger partial charge on any atom is 0.307 e. The first kappa shape index (κ1) is 20.8. The quantitative estimate of drug-likeness (QED) is 0.534. The van der Waals surface area contributed by atoms with Crippen LogP contribution < -0.4 is 11.1 Å². The number of nitrogens with one attached hydrogen (secondary N) is 1. The molecule has 0 bridgehead atoms. The maximum absolute atomic E-state index is 12.9. The summed E-state index contributed by atoms with van der Waals surface area (Å²) in [6.07, 6.45) is -1.40. The van der Waals surface area contributed by atoms with E-state index in [2.05, 4.69) is 5.32 Å². The Morgan fingerprint density at radius 1 is 0.964 bits per heavy atom. The standard InChI is InChI=1S/C20H19FN2O5/c1-12(20(27)23-16-8-4-14(5-9-16)19(22)26)28-18(25)11-10-17(24)13-2-6-15(21)7-3-13/h2-9,12H,10-11H2,1H3,(H2,22,26)(H,23,27). The Hall–Kier alpha value is -3.55. The van der Waals surface area contributed by atoms with Crippen LogP contribution in [-0.2, 0) is 14.3 Å². The zero-order valence-electron chi connectivity index (χ0n) is 15.1. The number of nitrogens with two attached hydrogens (primary N) is 1. The van der Waals surface area contributed by atoms with Crippen LogP contribution >= 0.6 is 0 Å². The summed E-state index contributed by atoms with van der Waals surface area (Å²) in [6, 6.07) is 10.9. The molecule has 0 heterocycles. The van der Waals surface area contributed by atoms with Gasteiger partial charge in [-0.05, 0) is 55.5 Å². The smallest absolute Gasteiger partial charge is 0.307 e. The number of primary amides is 1. The molecule has 1 unspecified atom stereocenters. The SMILES string of the molecule is CC(OC(=O)CCC(=O)c1ccc(F)cc1)C(=O)Nc1ccc(C(N)=O)cc1. The minimum absolute atomic E-state index is 0.118. The summed E-state index contributed by atoms with van der Waals surface area (Å²) >= 11 is 0. The predicted octanol–water partition coefficient (Wildman–Crippen LogP) is 2.46. The van der Waals surface area contributed by atoms with E-state index in [9.17, 15) is 23.6 Å². The molecule has 0 radical (unpaired) electrons. The van der Waals surface area contributed by atoms with Crippen LogP contribution in [0.5, 0.6) is 0 Å². The molecule has 3 N–H and O–H groups in total. The largest absolute Gasteiger partial charge is 0.453 e. The molecule has 0 spiro atoms. The number of anilines is 1. The molecule has 0 saturated heterocycles. The summed E-state index contributed by atoms with van der Waals surface area (Å²) in [6.45, 7) is 1.40. The lowest BCUT2D eigenvalue weighted by atomic mass is 10.1. The van der Waals surface area contributed by atoms with Gasteiger partial charge in [-0.3, -0.25) is 19.2 Å². The van der Waals surface area contributed by atoms with E-state index in [1.165, 1.54) is 43.3 Å². The van der Waals surface area contributed by atoms with Crippen molar-refractivity contribution in [2.75, 3.05) is 5.32 Å². The van der Waals surface area contributed by atoms with Gasteiger partial charge in [-0.1, -0.05) is 0 Å². The van der Waals surface area contributed by atoms with E-state index in [0.29, 0.717) is 16.8 Å². The Bertz CT molecular complexity index is 878. The number of amides is 2. The molecule has 28 heavy (non-hydrogen) atoms. The number of ether oxygens (including phenoxy) is 1. The summed E-state index contributed by atoms with van der Waals surface area (Å²) in [5, 5.41) is 2.54. The Kier molecular flexibility index (Phi) is 6.97. The summed E-state index contributed by atoms with van der Waals surface area (Å²) < 4.78 is 17.9. The third-order valence-corrected chi connectivity index (χ3v) is 3.84. The van der Waals surface area contributed by atoms with Crippen LogP contribution in [0.1, 0.15) is 40.5 Å². The Balaban J connectivity index is 1.80. The molecular formula is C20H19FN2O5. The van der Waals surface area contributed by atoms with Gasteiger partial charge in [0.05, 0.1) is 6.42 Å². The minimum Gasteiger partial charge on any atom is -0.453 e. The molecule has 2 rings (SSSR count). The molecule has 0 saturated carbocycles. The van der Waals surface area contributed by atoms with Gasteiger partial charge in [0.2, 0.25) is 5.91 Å². The van der Waals surface area contributed by atoms with Crippen molar-refractivity contribution in [1.29, 1.82) is 0 Å². The normalized spacial score (nSPS) is 11.4. The van der Waals surface area contributed by atoms with E-state index in [-0.39, 0.29) is 18.6 Å². The van der Waals surface area contributed by atoms with Gasteiger partial charge in [-0.15, -0.1) is 0 Å². The Morgan fingerprint density at radius 3 is 2.11 bits per heavy atom. The van der Waals surface area contributed by atoms with Gasteiger partial charge in [-0.2, -0.15) is 0 Å². The average Bonchev–Trinajstić information content (AvgIpc) is 2.67. The van der Waals surface area contributed by atoms with E-state index in [1.807, 2.05) is 0 Å². The van der Waals surface area contributed by atoms with Crippen LogP contribution in [0, 0.1) is 5.82 Å². The fourth-order valence-corrected chi connectivity index (χ4v) is 2.27.